The van der Waals surface area contributed by atoms with Gasteiger partial charge in [0.05, 0.1) is 29.3 Å². The molecule has 1 aromatic carbocycles. The van der Waals surface area contributed by atoms with Gasteiger partial charge >= 0.3 is 14.2 Å². The molecule has 12 heteroatoms. The number of aromatic nitrogens is 1. The minimum absolute atomic E-state index is 0.187. The first-order valence-corrected chi connectivity index (χ1v) is 15.0. The van der Waals surface area contributed by atoms with E-state index in [1.165, 1.54) is 17.0 Å². The fourth-order valence-electron chi connectivity index (χ4n) is 7.02. The summed E-state index contributed by atoms with van der Waals surface area (Å²) in [7, 11) is -2.83. The molecule has 2 saturated heterocycles. The lowest BCUT2D eigenvalue weighted by molar-refractivity contribution is -0.122. The van der Waals surface area contributed by atoms with E-state index in [2.05, 4.69) is 4.98 Å². The molecule has 0 radical (unpaired) electrons. The Morgan fingerprint density at radius 3 is 2.66 bits per heavy atom. The standard InChI is InChI=1S/C32H34B2N2O8/c1-2-19-15-25-30(32(39)36(31(25)38)22-7-5-6-21(16-22)34(41)42)26-17-33(40)44-28(29(19)26)12-9-20(27-8-3-4-13-35-27)14-23-10-11-24(18-37)43-23/h3-8,10-11,13-14,16,25-26,28,30,37,40-42H,2,9,12,15,17-18H2,1H3/b20-14-/t25-,26+,28-,30-/m1/s1. The maximum atomic E-state index is 14.0. The summed E-state index contributed by atoms with van der Waals surface area (Å²) in [5.74, 6) is -1.21. The molecule has 2 aromatic heterocycles. The number of imide groups is 1. The van der Waals surface area contributed by atoms with Crippen molar-refractivity contribution in [3.05, 3.63) is 89.2 Å². The van der Waals surface area contributed by atoms with Crippen LogP contribution in [0.1, 0.15) is 49.8 Å². The van der Waals surface area contributed by atoms with Gasteiger partial charge < -0.3 is 29.3 Å². The molecule has 3 aliphatic rings. The Hall–Kier alpha value is -3.80. The van der Waals surface area contributed by atoms with E-state index in [-0.39, 0.29) is 36.1 Å². The first-order chi connectivity index (χ1) is 21.3. The number of amides is 2. The van der Waals surface area contributed by atoms with Crippen LogP contribution in [0.15, 0.2) is 76.4 Å². The Bertz CT molecular complexity index is 1600. The summed E-state index contributed by atoms with van der Waals surface area (Å²) in [6.45, 7) is 1.83. The van der Waals surface area contributed by atoms with Crippen LogP contribution in [0.2, 0.25) is 6.32 Å². The van der Waals surface area contributed by atoms with Crippen molar-refractivity contribution in [2.24, 2.45) is 17.8 Å². The third-order valence-corrected chi connectivity index (χ3v) is 8.99. The molecule has 226 valence electrons. The van der Waals surface area contributed by atoms with Crippen LogP contribution in [-0.4, -0.2) is 57.3 Å². The summed E-state index contributed by atoms with van der Waals surface area (Å²) in [4.78, 5) is 33.4. The van der Waals surface area contributed by atoms with Gasteiger partial charge in [-0.2, -0.15) is 0 Å². The van der Waals surface area contributed by atoms with Crippen LogP contribution in [0, 0.1) is 17.8 Å². The number of carbonyl (C=O) groups is 2. The number of carbonyl (C=O) groups excluding carboxylic acids is 2. The Labute approximate surface area is 256 Å². The van der Waals surface area contributed by atoms with Crippen LogP contribution >= 0.6 is 0 Å². The van der Waals surface area contributed by atoms with Crippen LogP contribution in [0.4, 0.5) is 5.69 Å². The first kappa shape index (κ1) is 30.2. The fourth-order valence-corrected chi connectivity index (χ4v) is 7.02. The highest BCUT2D eigenvalue weighted by Crippen LogP contribution is 2.52. The van der Waals surface area contributed by atoms with E-state index in [1.54, 1.807) is 30.5 Å². The van der Waals surface area contributed by atoms with Gasteiger partial charge in [-0.1, -0.05) is 30.7 Å². The lowest BCUT2D eigenvalue weighted by Crippen LogP contribution is -2.46. The highest BCUT2D eigenvalue weighted by atomic mass is 16.5. The Morgan fingerprint density at radius 2 is 1.95 bits per heavy atom. The van der Waals surface area contributed by atoms with Gasteiger partial charge in [-0.15, -0.1) is 0 Å². The third-order valence-electron chi connectivity index (χ3n) is 8.99. The molecule has 2 amide bonds. The smallest absolute Gasteiger partial charge is 0.459 e. The lowest BCUT2D eigenvalue weighted by Gasteiger charge is -2.43. The van der Waals surface area contributed by atoms with Crippen molar-refractivity contribution in [2.75, 3.05) is 4.90 Å². The van der Waals surface area contributed by atoms with Gasteiger partial charge in [0.1, 0.15) is 18.1 Å². The zero-order valence-electron chi connectivity index (χ0n) is 24.4. The lowest BCUT2D eigenvalue weighted by atomic mass is 9.58. The van der Waals surface area contributed by atoms with Crippen LogP contribution in [0.5, 0.6) is 0 Å². The number of benzene rings is 1. The molecule has 1 aliphatic carbocycles. The second kappa shape index (κ2) is 12.7. The van der Waals surface area contributed by atoms with Crippen molar-refractivity contribution in [3.8, 4) is 0 Å². The molecule has 0 unspecified atom stereocenters. The molecule has 10 nitrogen and oxygen atoms in total. The van der Waals surface area contributed by atoms with E-state index in [1.807, 2.05) is 31.2 Å². The van der Waals surface area contributed by atoms with Gasteiger partial charge in [-0.3, -0.25) is 19.5 Å². The van der Waals surface area contributed by atoms with Gasteiger partial charge in [-0.25, -0.2) is 0 Å². The molecule has 4 atom stereocenters. The summed E-state index contributed by atoms with van der Waals surface area (Å²) in [5, 5.41) is 39.7. The summed E-state index contributed by atoms with van der Waals surface area (Å²) in [6, 6.07) is 15.3. The van der Waals surface area contributed by atoms with E-state index < -0.39 is 32.2 Å². The zero-order valence-corrected chi connectivity index (χ0v) is 24.4. The summed E-state index contributed by atoms with van der Waals surface area (Å²) in [6.07, 6.45) is 5.47. The fraction of sp³-hybridized carbons (Fsp3) is 0.344. The average molecular weight is 596 g/mol. The van der Waals surface area contributed by atoms with Crippen molar-refractivity contribution in [1.29, 1.82) is 0 Å². The molecular weight excluding hydrogens is 562 g/mol. The number of hydrogen-bond donors (Lipinski definition) is 4. The highest BCUT2D eigenvalue weighted by Gasteiger charge is 2.57. The number of hydrogen-bond acceptors (Lipinski definition) is 9. The first-order valence-electron chi connectivity index (χ1n) is 15.0. The van der Waals surface area contributed by atoms with Crippen molar-refractivity contribution >= 4 is 48.9 Å². The second-order valence-electron chi connectivity index (χ2n) is 11.5. The van der Waals surface area contributed by atoms with Crippen LogP contribution in [0.25, 0.3) is 11.6 Å². The van der Waals surface area contributed by atoms with Crippen LogP contribution in [-0.2, 0) is 20.9 Å². The minimum atomic E-state index is -1.73. The van der Waals surface area contributed by atoms with Crippen molar-refractivity contribution < 1.29 is 38.8 Å². The molecule has 2 aliphatic heterocycles. The number of allylic oxidation sites excluding steroid dienone is 2. The van der Waals surface area contributed by atoms with Crippen molar-refractivity contribution in [2.45, 2.75) is 51.6 Å². The molecule has 4 heterocycles. The topological polar surface area (TPSA) is 154 Å². The summed E-state index contributed by atoms with van der Waals surface area (Å²) >= 11 is 0. The van der Waals surface area contributed by atoms with Crippen LogP contribution in [0.3, 0.4) is 0 Å². The van der Waals surface area contributed by atoms with E-state index in [0.717, 1.165) is 22.4 Å². The van der Waals surface area contributed by atoms with Crippen molar-refractivity contribution in [3.63, 3.8) is 0 Å². The van der Waals surface area contributed by atoms with Crippen LogP contribution < -0.4 is 10.4 Å². The number of pyridine rings is 1. The van der Waals surface area contributed by atoms with Gasteiger partial charge in [-0.05, 0) is 97.0 Å². The predicted molar refractivity (Wildman–Crippen MR) is 165 cm³/mol. The molecular formula is C32H34B2N2O8. The number of anilines is 1. The van der Waals surface area contributed by atoms with Gasteiger partial charge in [0.25, 0.3) is 0 Å². The molecule has 0 bridgehead atoms. The maximum absolute atomic E-state index is 14.0. The second-order valence-corrected chi connectivity index (χ2v) is 11.5. The number of aliphatic hydroxyl groups is 1. The quantitative estimate of drug-likeness (QED) is 0.166. The molecule has 4 N–H and O–H groups in total. The minimum Gasteiger partial charge on any atom is -0.459 e. The highest BCUT2D eigenvalue weighted by molar-refractivity contribution is 6.58. The summed E-state index contributed by atoms with van der Waals surface area (Å²) < 4.78 is 11.9. The third kappa shape index (κ3) is 5.71. The number of rotatable bonds is 9. The normalized spacial score (nSPS) is 23.7. The maximum Gasteiger partial charge on any atom is 0.488 e. The summed E-state index contributed by atoms with van der Waals surface area (Å²) in [5.41, 5.74) is 4.20. The number of aliphatic hydroxyl groups excluding tert-OH is 1. The molecule has 44 heavy (non-hydrogen) atoms. The Morgan fingerprint density at radius 1 is 1.11 bits per heavy atom. The molecule has 2 fully saturated rings. The molecule has 6 rings (SSSR count). The van der Waals surface area contributed by atoms with E-state index in [0.29, 0.717) is 42.9 Å². The van der Waals surface area contributed by atoms with E-state index >= 15 is 0 Å². The SMILES string of the molecule is CCC1=C2[C@@H](CC/C(=C/c3ccc(CO)o3)c3ccccn3)OB(O)C[C@@H]2[C@@H]2C(=O)N(c3cccc(B(O)O)c3)C(=O)[C@@H]2C1. The van der Waals surface area contributed by atoms with E-state index in [4.69, 9.17) is 9.07 Å². The number of furan rings is 1. The monoisotopic (exact) mass is 596 g/mol. The van der Waals surface area contributed by atoms with Gasteiger partial charge in [0, 0.05) is 6.20 Å². The predicted octanol–water partition coefficient (Wildman–Crippen LogP) is 2.58. The van der Waals surface area contributed by atoms with E-state index in [9.17, 15) is 29.8 Å². The molecule has 0 spiro atoms. The zero-order chi connectivity index (χ0) is 31.0. The Balaban J connectivity index is 1.30. The van der Waals surface area contributed by atoms with Crippen molar-refractivity contribution in [1.82, 2.24) is 4.98 Å². The Kier molecular flexibility index (Phi) is 8.70. The molecule has 0 saturated carbocycles. The number of nitrogens with zero attached hydrogens (tertiary/aromatic N) is 2. The largest absolute Gasteiger partial charge is 0.488 e. The molecule has 3 aromatic rings. The van der Waals surface area contributed by atoms with Gasteiger partial charge in [0.2, 0.25) is 11.8 Å². The van der Waals surface area contributed by atoms with Gasteiger partial charge in [0.15, 0.2) is 0 Å². The average Bonchev–Trinajstić information content (AvgIpc) is 3.59. The number of fused-ring (bicyclic) bond motifs is 3.